The molecule has 90 valence electrons. The molecule has 0 saturated heterocycles. The summed E-state index contributed by atoms with van der Waals surface area (Å²) < 4.78 is 1.35. The Labute approximate surface area is 112 Å². The maximum atomic E-state index is 3.79. The molecule has 5 rings (SSSR count). The van der Waals surface area contributed by atoms with Crippen molar-refractivity contribution in [1.82, 2.24) is 0 Å². The van der Waals surface area contributed by atoms with Crippen molar-refractivity contribution >= 4 is 15.9 Å². The summed E-state index contributed by atoms with van der Waals surface area (Å²) in [4.78, 5) is 0. The van der Waals surface area contributed by atoms with Gasteiger partial charge < -0.3 is 0 Å². The zero-order valence-corrected chi connectivity index (χ0v) is 11.7. The van der Waals surface area contributed by atoms with Crippen molar-refractivity contribution in [3.05, 3.63) is 34.3 Å². The Morgan fingerprint density at radius 3 is 1.94 bits per heavy atom. The smallest absolute Gasteiger partial charge is 0.0212 e. The third-order valence-corrected chi connectivity index (χ3v) is 6.17. The Morgan fingerprint density at radius 1 is 0.882 bits per heavy atom. The molecule has 4 fully saturated rings. The van der Waals surface area contributed by atoms with E-state index in [0.717, 1.165) is 17.8 Å². The summed E-state index contributed by atoms with van der Waals surface area (Å²) in [5, 5.41) is 0. The van der Waals surface area contributed by atoms with Gasteiger partial charge in [0.15, 0.2) is 0 Å². The van der Waals surface area contributed by atoms with Crippen LogP contribution in [0.2, 0.25) is 0 Å². The van der Waals surface area contributed by atoms with E-state index in [1.165, 1.54) is 43.0 Å². The highest BCUT2D eigenvalue weighted by Crippen LogP contribution is 2.61. The molecule has 4 saturated carbocycles. The van der Waals surface area contributed by atoms with Crippen molar-refractivity contribution in [2.24, 2.45) is 17.8 Å². The van der Waals surface area contributed by atoms with Gasteiger partial charge in [0.25, 0.3) is 0 Å². The molecule has 0 radical (unpaired) electrons. The summed E-state index contributed by atoms with van der Waals surface area (Å²) in [5.74, 6) is 3.11. The summed E-state index contributed by atoms with van der Waals surface area (Å²) in [6.45, 7) is 0. The summed E-state index contributed by atoms with van der Waals surface area (Å²) in [6.07, 6.45) is 8.97. The summed E-state index contributed by atoms with van der Waals surface area (Å²) in [7, 11) is 0. The van der Waals surface area contributed by atoms with Gasteiger partial charge in [-0.25, -0.2) is 0 Å². The molecule has 4 bridgehead atoms. The minimum Gasteiger partial charge on any atom is -0.0619 e. The molecule has 0 unspecified atom stereocenters. The molecule has 0 aromatic heterocycles. The maximum Gasteiger partial charge on any atom is 0.0212 e. The van der Waals surface area contributed by atoms with Crippen molar-refractivity contribution in [1.29, 1.82) is 0 Å². The van der Waals surface area contributed by atoms with Gasteiger partial charge in [-0.05, 0) is 73.3 Å². The highest BCUT2D eigenvalue weighted by Gasteiger charge is 2.51. The molecular formula is C16H19Br. The molecule has 0 aliphatic heterocycles. The molecule has 4 aliphatic rings. The third-order valence-electron chi connectivity index (χ3n) is 5.48. The second kappa shape index (κ2) is 3.60. The first kappa shape index (κ1) is 10.6. The zero-order valence-electron chi connectivity index (χ0n) is 10.2. The standard InChI is InChI=1S/C16H19Br/c17-15-4-2-1-3-14(15)16-8-11-5-12(9-16)7-13(6-11)10-16/h1-4,11-13H,5-10H2. The lowest BCUT2D eigenvalue weighted by Crippen LogP contribution is -2.48. The molecule has 0 N–H and O–H groups in total. The fraction of sp³-hybridized carbons (Fsp3) is 0.625. The molecule has 0 spiro atoms. The normalized spacial score (nSPS) is 43.0. The van der Waals surface area contributed by atoms with Gasteiger partial charge in [-0.1, -0.05) is 34.1 Å². The van der Waals surface area contributed by atoms with Crippen LogP contribution in [0.25, 0.3) is 0 Å². The minimum absolute atomic E-state index is 0.537. The largest absolute Gasteiger partial charge is 0.0619 e. The van der Waals surface area contributed by atoms with Gasteiger partial charge in [0.2, 0.25) is 0 Å². The SMILES string of the molecule is Brc1ccccc1C12CC3CC(CC(C3)C1)C2. The zero-order chi connectivity index (χ0) is 11.5. The predicted octanol–water partition coefficient (Wildman–Crippen LogP) is 4.92. The molecule has 17 heavy (non-hydrogen) atoms. The van der Waals surface area contributed by atoms with Crippen LogP contribution in [0.1, 0.15) is 44.1 Å². The fourth-order valence-electron chi connectivity index (χ4n) is 5.33. The van der Waals surface area contributed by atoms with Gasteiger partial charge in [-0.3, -0.25) is 0 Å². The third kappa shape index (κ3) is 1.54. The van der Waals surface area contributed by atoms with E-state index in [0.29, 0.717) is 5.41 Å². The van der Waals surface area contributed by atoms with Crippen molar-refractivity contribution < 1.29 is 0 Å². The predicted molar refractivity (Wildman–Crippen MR) is 74.0 cm³/mol. The van der Waals surface area contributed by atoms with E-state index in [4.69, 9.17) is 0 Å². The average Bonchev–Trinajstić information content (AvgIpc) is 2.27. The van der Waals surface area contributed by atoms with Crippen LogP contribution < -0.4 is 0 Å². The number of benzene rings is 1. The van der Waals surface area contributed by atoms with Gasteiger partial charge in [-0.2, -0.15) is 0 Å². The van der Waals surface area contributed by atoms with E-state index in [2.05, 4.69) is 40.2 Å². The first-order valence-electron chi connectivity index (χ1n) is 7.00. The van der Waals surface area contributed by atoms with Crippen LogP contribution in [-0.4, -0.2) is 0 Å². The number of halogens is 1. The topological polar surface area (TPSA) is 0 Å². The molecule has 1 aromatic carbocycles. The molecule has 0 nitrogen and oxygen atoms in total. The van der Waals surface area contributed by atoms with Crippen LogP contribution >= 0.6 is 15.9 Å². The second-order valence-electron chi connectivity index (χ2n) is 6.68. The van der Waals surface area contributed by atoms with Crippen molar-refractivity contribution in [3.8, 4) is 0 Å². The van der Waals surface area contributed by atoms with Crippen LogP contribution in [0, 0.1) is 17.8 Å². The van der Waals surface area contributed by atoms with Gasteiger partial charge in [-0.15, -0.1) is 0 Å². The first-order valence-corrected chi connectivity index (χ1v) is 7.79. The quantitative estimate of drug-likeness (QED) is 0.689. The fourth-order valence-corrected chi connectivity index (χ4v) is 6.04. The number of rotatable bonds is 1. The van der Waals surface area contributed by atoms with Gasteiger partial charge in [0.1, 0.15) is 0 Å². The average molecular weight is 291 g/mol. The maximum absolute atomic E-state index is 3.79. The lowest BCUT2D eigenvalue weighted by molar-refractivity contribution is -0.00551. The van der Waals surface area contributed by atoms with E-state index in [1.54, 1.807) is 5.56 Å². The van der Waals surface area contributed by atoms with Gasteiger partial charge in [0, 0.05) is 4.47 Å². The van der Waals surface area contributed by atoms with Gasteiger partial charge >= 0.3 is 0 Å². The van der Waals surface area contributed by atoms with Crippen molar-refractivity contribution in [3.63, 3.8) is 0 Å². The van der Waals surface area contributed by atoms with Crippen molar-refractivity contribution in [2.75, 3.05) is 0 Å². The van der Waals surface area contributed by atoms with E-state index in [-0.39, 0.29) is 0 Å². The molecule has 1 heteroatoms. The van der Waals surface area contributed by atoms with Gasteiger partial charge in [0.05, 0.1) is 0 Å². The van der Waals surface area contributed by atoms with Crippen LogP contribution in [0.15, 0.2) is 28.7 Å². The molecule has 1 aromatic rings. The summed E-state index contributed by atoms with van der Waals surface area (Å²) in [5.41, 5.74) is 2.15. The van der Waals surface area contributed by atoms with Crippen LogP contribution in [-0.2, 0) is 5.41 Å². The Hall–Kier alpha value is -0.300. The Bertz CT molecular complexity index is 413. The lowest BCUT2D eigenvalue weighted by atomic mass is 9.48. The number of hydrogen-bond donors (Lipinski definition) is 0. The van der Waals surface area contributed by atoms with E-state index in [1.807, 2.05) is 0 Å². The molecule has 0 amide bonds. The van der Waals surface area contributed by atoms with E-state index >= 15 is 0 Å². The Balaban J connectivity index is 1.80. The highest BCUT2D eigenvalue weighted by molar-refractivity contribution is 9.10. The molecule has 0 atom stereocenters. The number of hydrogen-bond acceptors (Lipinski definition) is 0. The van der Waals surface area contributed by atoms with Crippen LogP contribution in [0.3, 0.4) is 0 Å². The van der Waals surface area contributed by atoms with Crippen molar-refractivity contribution in [2.45, 2.75) is 43.9 Å². The highest BCUT2D eigenvalue weighted by atomic mass is 79.9. The summed E-state index contributed by atoms with van der Waals surface area (Å²) >= 11 is 3.79. The van der Waals surface area contributed by atoms with E-state index in [9.17, 15) is 0 Å². The van der Waals surface area contributed by atoms with Crippen LogP contribution in [0.5, 0.6) is 0 Å². The first-order chi connectivity index (χ1) is 8.25. The Kier molecular flexibility index (Phi) is 2.25. The Morgan fingerprint density at radius 2 is 1.41 bits per heavy atom. The van der Waals surface area contributed by atoms with E-state index < -0.39 is 0 Å². The minimum atomic E-state index is 0.537. The second-order valence-corrected chi connectivity index (χ2v) is 7.53. The molecule has 4 aliphatic carbocycles. The van der Waals surface area contributed by atoms with Crippen LogP contribution in [0.4, 0.5) is 0 Å². The lowest BCUT2D eigenvalue weighted by Gasteiger charge is -2.57. The monoisotopic (exact) mass is 290 g/mol. The molecular weight excluding hydrogens is 272 g/mol. The summed E-state index contributed by atoms with van der Waals surface area (Å²) in [6, 6.07) is 8.97. The molecule has 0 heterocycles.